The first-order chi connectivity index (χ1) is 9.84. The Balaban J connectivity index is 1.90. The second-order valence-corrected chi connectivity index (χ2v) is 4.31. The lowest BCUT2D eigenvalue weighted by atomic mass is 10.1. The highest BCUT2D eigenvalue weighted by Crippen LogP contribution is 2.09. The SMILES string of the molecule is COCCOCCOCCOCC(N)c1ccccc1. The molecule has 0 heterocycles. The van der Waals surface area contributed by atoms with Crippen LogP contribution >= 0.6 is 0 Å². The van der Waals surface area contributed by atoms with Crippen molar-refractivity contribution in [3.05, 3.63) is 35.9 Å². The van der Waals surface area contributed by atoms with Crippen LogP contribution in [0.25, 0.3) is 0 Å². The van der Waals surface area contributed by atoms with E-state index in [0.717, 1.165) is 5.56 Å². The molecule has 1 rings (SSSR count). The standard InChI is InChI=1S/C15H25NO4/c1-17-7-8-18-9-10-19-11-12-20-13-15(16)14-5-3-2-4-6-14/h2-6,15H,7-13,16H2,1H3. The van der Waals surface area contributed by atoms with Crippen LogP contribution in [0.3, 0.4) is 0 Å². The fraction of sp³-hybridized carbons (Fsp3) is 0.600. The molecule has 0 amide bonds. The Bertz CT molecular complexity index is 321. The van der Waals surface area contributed by atoms with E-state index in [4.69, 9.17) is 24.7 Å². The van der Waals surface area contributed by atoms with Crippen LogP contribution in [0.2, 0.25) is 0 Å². The Morgan fingerprint density at radius 2 is 1.40 bits per heavy atom. The highest BCUT2D eigenvalue weighted by atomic mass is 16.6. The molecule has 114 valence electrons. The molecule has 5 nitrogen and oxygen atoms in total. The molecule has 0 saturated heterocycles. The predicted octanol–water partition coefficient (Wildman–Crippen LogP) is 1.38. The Kier molecular flexibility index (Phi) is 10.1. The Morgan fingerprint density at radius 1 is 0.850 bits per heavy atom. The number of benzene rings is 1. The van der Waals surface area contributed by atoms with Crippen LogP contribution in [-0.2, 0) is 18.9 Å². The summed E-state index contributed by atoms with van der Waals surface area (Å²) in [6, 6.07) is 9.83. The molecule has 20 heavy (non-hydrogen) atoms. The van der Waals surface area contributed by atoms with Gasteiger partial charge in [0, 0.05) is 7.11 Å². The van der Waals surface area contributed by atoms with Crippen molar-refractivity contribution in [1.82, 2.24) is 0 Å². The van der Waals surface area contributed by atoms with Gasteiger partial charge in [-0.05, 0) is 5.56 Å². The quantitative estimate of drug-likeness (QED) is 0.587. The molecule has 1 unspecified atom stereocenters. The lowest BCUT2D eigenvalue weighted by molar-refractivity contribution is 0.00194. The molecule has 1 aromatic carbocycles. The zero-order valence-electron chi connectivity index (χ0n) is 12.1. The summed E-state index contributed by atoms with van der Waals surface area (Å²) in [5.74, 6) is 0. The van der Waals surface area contributed by atoms with E-state index in [1.54, 1.807) is 7.11 Å². The predicted molar refractivity (Wildman–Crippen MR) is 77.7 cm³/mol. The zero-order valence-corrected chi connectivity index (χ0v) is 12.1. The maximum Gasteiger partial charge on any atom is 0.0701 e. The summed E-state index contributed by atoms with van der Waals surface area (Å²) in [5.41, 5.74) is 7.09. The summed E-state index contributed by atoms with van der Waals surface area (Å²) in [6.07, 6.45) is 0. The van der Waals surface area contributed by atoms with Gasteiger partial charge in [0.25, 0.3) is 0 Å². The van der Waals surface area contributed by atoms with Crippen molar-refractivity contribution < 1.29 is 18.9 Å². The fourth-order valence-electron chi connectivity index (χ4n) is 1.59. The zero-order chi connectivity index (χ0) is 14.5. The lowest BCUT2D eigenvalue weighted by Crippen LogP contribution is -2.19. The minimum atomic E-state index is -0.0893. The van der Waals surface area contributed by atoms with Crippen LogP contribution in [0.5, 0.6) is 0 Å². The van der Waals surface area contributed by atoms with E-state index in [0.29, 0.717) is 46.2 Å². The molecule has 0 aliphatic carbocycles. The molecule has 0 aromatic heterocycles. The molecule has 0 fully saturated rings. The first-order valence-corrected chi connectivity index (χ1v) is 6.87. The summed E-state index contributed by atoms with van der Waals surface area (Å²) >= 11 is 0. The summed E-state index contributed by atoms with van der Waals surface area (Å²) < 4.78 is 21.0. The van der Waals surface area contributed by atoms with Gasteiger partial charge in [-0.2, -0.15) is 0 Å². The normalized spacial score (nSPS) is 12.5. The highest BCUT2D eigenvalue weighted by Gasteiger charge is 2.04. The summed E-state index contributed by atoms with van der Waals surface area (Å²) in [5, 5.41) is 0. The van der Waals surface area contributed by atoms with Crippen molar-refractivity contribution in [3.63, 3.8) is 0 Å². The Labute approximate surface area is 121 Å². The van der Waals surface area contributed by atoms with Crippen molar-refractivity contribution in [2.45, 2.75) is 6.04 Å². The van der Waals surface area contributed by atoms with E-state index in [1.807, 2.05) is 30.3 Å². The topological polar surface area (TPSA) is 62.9 Å². The van der Waals surface area contributed by atoms with Gasteiger partial charge in [-0.1, -0.05) is 30.3 Å². The Hall–Kier alpha value is -0.980. The molecule has 0 saturated carbocycles. The van der Waals surface area contributed by atoms with Gasteiger partial charge in [0.15, 0.2) is 0 Å². The first kappa shape index (κ1) is 17.1. The van der Waals surface area contributed by atoms with Gasteiger partial charge in [-0.25, -0.2) is 0 Å². The van der Waals surface area contributed by atoms with Crippen LogP contribution < -0.4 is 5.73 Å². The van der Waals surface area contributed by atoms with Crippen LogP contribution in [-0.4, -0.2) is 53.4 Å². The molecule has 0 aliphatic rings. The van der Waals surface area contributed by atoms with Crippen LogP contribution in [0, 0.1) is 0 Å². The third kappa shape index (κ3) is 8.24. The van der Waals surface area contributed by atoms with Crippen molar-refractivity contribution in [2.24, 2.45) is 5.73 Å². The number of ether oxygens (including phenoxy) is 4. The summed E-state index contributed by atoms with van der Waals surface area (Å²) in [4.78, 5) is 0. The monoisotopic (exact) mass is 283 g/mol. The molecular formula is C15H25NO4. The maximum absolute atomic E-state index is 6.01. The maximum atomic E-state index is 6.01. The third-order valence-electron chi connectivity index (χ3n) is 2.70. The second-order valence-electron chi connectivity index (χ2n) is 4.31. The van der Waals surface area contributed by atoms with E-state index < -0.39 is 0 Å². The molecule has 2 N–H and O–H groups in total. The number of rotatable bonds is 12. The average Bonchev–Trinajstić information content (AvgIpc) is 2.50. The van der Waals surface area contributed by atoms with Crippen molar-refractivity contribution in [2.75, 3.05) is 53.4 Å². The third-order valence-corrected chi connectivity index (χ3v) is 2.70. The molecule has 0 spiro atoms. The van der Waals surface area contributed by atoms with Crippen LogP contribution in [0.4, 0.5) is 0 Å². The van der Waals surface area contributed by atoms with E-state index in [1.165, 1.54) is 0 Å². The molecule has 0 bridgehead atoms. The first-order valence-electron chi connectivity index (χ1n) is 6.87. The minimum Gasteiger partial charge on any atom is -0.382 e. The molecule has 1 aromatic rings. The largest absolute Gasteiger partial charge is 0.382 e. The van der Waals surface area contributed by atoms with Crippen LogP contribution in [0.15, 0.2) is 30.3 Å². The number of hydrogen-bond donors (Lipinski definition) is 1. The van der Waals surface area contributed by atoms with E-state index in [9.17, 15) is 0 Å². The van der Waals surface area contributed by atoms with Gasteiger partial charge < -0.3 is 24.7 Å². The lowest BCUT2D eigenvalue weighted by Gasteiger charge is -2.12. The fourth-order valence-corrected chi connectivity index (χ4v) is 1.59. The molecule has 1 atom stereocenters. The molecular weight excluding hydrogens is 258 g/mol. The smallest absolute Gasteiger partial charge is 0.0701 e. The van der Waals surface area contributed by atoms with Crippen molar-refractivity contribution >= 4 is 0 Å². The molecule has 0 radical (unpaired) electrons. The van der Waals surface area contributed by atoms with E-state index in [-0.39, 0.29) is 6.04 Å². The van der Waals surface area contributed by atoms with Crippen molar-refractivity contribution in [1.29, 1.82) is 0 Å². The van der Waals surface area contributed by atoms with Crippen LogP contribution in [0.1, 0.15) is 11.6 Å². The van der Waals surface area contributed by atoms with Gasteiger partial charge >= 0.3 is 0 Å². The second kappa shape index (κ2) is 11.8. The highest BCUT2D eigenvalue weighted by molar-refractivity contribution is 5.18. The minimum absolute atomic E-state index is 0.0893. The number of methoxy groups -OCH3 is 1. The van der Waals surface area contributed by atoms with Crippen molar-refractivity contribution in [3.8, 4) is 0 Å². The molecule has 5 heteroatoms. The van der Waals surface area contributed by atoms with Gasteiger partial charge in [-0.15, -0.1) is 0 Å². The average molecular weight is 283 g/mol. The van der Waals surface area contributed by atoms with E-state index in [2.05, 4.69) is 0 Å². The molecule has 0 aliphatic heterocycles. The van der Waals surface area contributed by atoms with E-state index >= 15 is 0 Å². The van der Waals surface area contributed by atoms with Gasteiger partial charge in [0.2, 0.25) is 0 Å². The Morgan fingerprint density at radius 3 is 2.00 bits per heavy atom. The van der Waals surface area contributed by atoms with Gasteiger partial charge in [0.05, 0.1) is 52.3 Å². The summed E-state index contributed by atoms with van der Waals surface area (Å²) in [7, 11) is 1.65. The number of nitrogens with two attached hydrogens (primary N) is 1. The summed E-state index contributed by atoms with van der Waals surface area (Å²) in [6.45, 7) is 3.94. The number of hydrogen-bond acceptors (Lipinski definition) is 5. The van der Waals surface area contributed by atoms with Gasteiger partial charge in [-0.3, -0.25) is 0 Å². The van der Waals surface area contributed by atoms with Gasteiger partial charge in [0.1, 0.15) is 0 Å².